The summed E-state index contributed by atoms with van der Waals surface area (Å²) in [7, 11) is -0.668. The van der Waals surface area contributed by atoms with Crippen molar-refractivity contribution < 1.29 is 17.9 Å². The van der Waals surface area contributed by atoms with E-state index in [4.69, 9.17) is 9.47 Å². The molecule has 0 fully saturated rings. The lowest BCUT2D eigenvalue weighted by molar-refractivity contribution is 0.407. The predicted molar refractivity (Wildman–Crippen MR) is 115 cm³/mol. The summed E-state index contributed by atoms with van der Waals surface area (Å²) in [4.78, 5) is 0.237. The zero-order chi connectivity index (χ0) is 21.0. The number of aryl methyl sites for hydroxylation is 1. The van der Waals surface area contributed by atoms with Crippen LogP contribution in [0.15, 0.2) is 77.7 Å². The van der Waals surface area contributed by atoms with E-state index < -0.39 is 16.1 Å². The Hall–Kier alpha value is -2.99. The second-order valence-corrected chi connectivity index (χ2v) is 8.54. The highest BCUT2D eigenvalue weighted by molar-refractivity contribution is 7.92. The number of anilines is 1. The number of rotatable bonds is 7. The maximum atomic E-state index is 13.7. The number of hydrogen-bond donors (Lipinski definition) is 0. The van der Waals surface area contributed by atoms with Crippen molar-refractivity contribution in [3.8, 4) is 11.5 Å². The molecule has 0 aliphatic heterocycles. The van der Waals surface area contributed by atoms with E-state index in [-0.39, 0.29) is 4.90 Å². The maximum Gasteiger partial charge on any atom is 0.264 e. The van der Waals surface area contributed by atoms with Gasteiger partial charge in [-0.1, -0.05) is 35.9 Å². The second-order valence-electron chi connectivity index (χ2n) is 6.73. The monoisotopic (exact) mass is 411 g/mol. The van der Waals surface area contributed by atoms with Gasteiger partial charge in [0.1, 0.15) is 11.5 Å². The SMILES string of the molecule is COc1ccc(N([C@H](C)c2ccccc2OC)S(=O)(=O)c2ccc(C)cc2)cc1. The topological polar surface area (TPSA) is 55.8 Å². The Morgan fingerprint density at radius 3 is 2.03 bits per heavy atom. The van der Waals surface area contributed by atoms with E-state index in [1.54, 1.807) is 62.8 Å². The van der Waals surface area contributed by atoms with Crippen molar-refractivity contribution in [3.63, 3.8) is 0 Å². The Kier molecular flexibility index (Phi) is 6.13. The smallest absolute Gasteiger partial charge is 0.264 e. The molecule has 29 heavy (non-hydrogen) atoms. The van der Waals surface area contributed by atoms with Gasteiger partial charge in [0.25, 0.3) is 10.0 Å². The van der Waals surface area contributed by atoms with Gasteiger partial charge in [0, 0.05) is 5.56 Å². The highest BCUT2D eigenvalue weighted by atomic mass is 32.2. The van der Waals surface area contributed by atoms with E-state index in [1.165, 1.54) is 4.31 Å². The van der Waals surface area contributed by atoms with Gasteiger partial charge in [-0.3, -0.25) is 4.31 Å². The molecule has 0 unspecified atom stereocenters. The highest BCUT2D eigenvalue weighted by Gasteiger charge is 2.31. The second kappa shape index (κ2) is 8.57. The molecule has 0 aliphatic rings. The summed E-state index contributed by atoms with van der Waals surface area (Å²) in [5.74, 6) is 1.30. The summed E-state index contributed by atoms with van der Waals surface area (Å²) >= 11 is 0. The lowest BCUT2D eigenvalue weighted by atomic mass is 10.1. The summed E-state index contributed by atoms with van der Waals surface area (Å²) in [6.45, 7) is 3.78. The van der Waals surface area contributed by atoms with Crippen LogP contribution in [0.3, 0.4) is 0 Å². The van der Waals surface area contributed by atoms with E-state index in [1.807, 2.05) is 38.1 Å². The lowest BCUT2D eigenvalue weighted by Gasteiger charge is -2.31. The van der Waals surface area contributed by atoms with Crippen LogP contribution < -0.4 is 13.8 Å². The van der Waals surface area contributed by atoms with Crippen LogP contribution in [-0.4, -0.2) is 22.6 Å². The predicted octanol–water partition coefficient (Wildman–Crippen LogP) is 4.97. The first-order valence-electron chi connectivity index (χ1n) is 9.26. The molecule has 0 saturated heterocycles. The quantitative estimate of drug-likeness (QED) is 0.551. The van der Waals surface area contributed by atoms with Gasteiger partial charge in [0.15, 0.2) is 0 Å². The number of hydrogen-bond acceptors (Lipinski definition) is 4. The number of ether oxygens (including phenoxy) is 2. The van der Waals surface area contributed by atoms with E-state index in [0.29, 0.717) is 17.2 Å². The fraction of sp³-hybridized carbons (Fsp3) is 0.217. The average molecular weight is 412 g/mol. The number of para-hydroxylation sites is 1. The lowest BCUT2D eigenvalue weighted by Crippen LogP contribution is -2.34. The molecule has 1 atom stereocenters. The molecule has 0 radical (unpaired) electrons. The molecule has 6 heteroatoms. The van der Waals surface area contributed by atoms with E-state index in [9.17, 15) is 8.42 Å². The molecule has 152 valence electrons. The Labute approximate surface area is 172 Å². The van der Waals surface area contributed by atoms with Crippen LogP contribution in [0.5, 0.6) is 11.5 Å². The zero-order valence-corrected chi connectivity index (χ0v) is 17.8. The first-order valence-corrected chi connectivity index (χ1v) is 10.7. The molecule has 0 amide bonds. The van der Waals surface area contributed by atoms with Crippen LogP contribution in [0.1, 0.15) is 24.1 Å². The molecule has 0 heterocycles. The fourth-order valence-corrected chi connectivity index (χ4v) is 4.90. The minimum Gasteiger partial charge on any atom is -0.497 e. The van der Waals surface area contributed by atoms with Crippen molar-refractivity contribution >= 4 is 15.7 Å². The molecule has 5 nitrogen and oxygen atoms in total. The molecular weight excluding hydrogens is 386 g/mol. The van der Waals surface area contributed by atoms with Gasteiger partial charge in [-0.2, -0.15) is 0 Å². The maximum absolute atomic E-state index is 13.7. The Morgan fingerprint density at radius 2 is 1.45 bits per heavy atom. The molecule has 0 aliphatic carbocycles. The van der Waals surface area contributed by atoms with E-state index in [0.717, 1.165) is 11.1 Å². The molecule has 0 aromatic heterocycles. The number of nitrogens with zero attached hydrogens (tertiary/aromatic N) is 1. The third kappa shape index (κ3) is 4.22. The van der Waals surface area contributed by atoms with Crippen molar-refractivity contribution in [2.75, 3.05) is 18.5 Å². The normalized spacial score (nSPS) is 12.3. The molecule has 3 aromatic rings. The highest BCUT2D eigenvalue weighted by Crippen LogP contribution is 2.37. The number of sulfonamides is 1. The summed E-state index contributed by atoms with van der Waals surface area (Å²) in [5.41, 5.74) is 2.32. The van der Waals surface area contributed by atoms with Crippen LogP contribution in [-0.2, 0) is 10.0 Å². The van der Waals surface area contributed by atoms with Crippen molar-refractivity contribution in [2.45, 2.75) is 24.8 Å². The van der Waals surface area contributed by atoms with Gasteiger partial charge >= 0.3 is 0 Å². The van der Waals surface area contributed by atoms with Crippen molar-refractivity contribution in [2.24, 2.45) is 0 Å². The standard InChI is InChI=1S/C23H25NO4S/c1-17-9-15-21(16-10-17)29(25,26)24(19-11-13-20(27-3)14-12-19)18(2)22-7-5-6-8-23(22)28-4/h5-16,18H,1-4H3/t18-/m1/s1. The van der Waals surface area contributed by atoms with Gasteiger partial charge in [-0.25, -0.2) is 8.42 Å². The van der Waals surface area contributed by atoms with Crippen molar-refractivity contribution in [1.82, 2.24) is 0 Å². The summed E-state index contributed by atoms with van der Waals surface area (Å²) < 4.78 is 39.5. The largest absolute Gasteiger partial charge is 0.497 e. The van der Waals surface area contributed by atoms with Crippen molar-refractivity contribution in [3.05, 3.63) is 83.9 Å². The van der Waals surface area contributed by atoms with Gasteiger partial charge < -0.3 is 9.47 Å². The summed E-state index contributed by atoms with van der Waals surface area (Å²) in [5, 5.41) is 0. The van der Waals surface area contributed by atoms with Gasteiger partial charge in [-0.05, 0) is 56.3 Å². The first-order chi connectivity index (χ1) is 13.9. The van der Waals surface area contributed by atoms with Crippen LogP contribution in [0.25, 0.3) is 0 Å². The van der Waals surface area contributed by atoms with Gasteiger partial charge in [0.05, 0.1) is 30.8 Å². The third-order valence-corrected chi connectivity index (χ3v) is 6.76. The summed E-state index contributed by atoms with van der Waals surface area (Å²) in [6.07, 6.45) is 0. The Bertz CT molecular complexity index is 1060. The molecule has 0 spiro atoms. The van der Waals surface area contributed by atoms with Gasteiger partial charge in [-0.15, -0.1) is 0 Å². The molecule has 3 rings (SSSR count). The minimum absolute atomic E-state index is 0.237. The number of benzene rings is 3. The third-order valence-electron chi connectivity index (χ3n) is 4.85. The summed E-state index contributed by atoms with van der Waals surface area (Å²) in [6, 6.07) is 20.8. The van der Waals surface area contributed by atoms with Crippen LogP contribution in [0, 0.1) is 6.92 Å². The molecular formula is C23H25NO4S. The Balaban J connectivity index is 2.16. The fourth-order valence-electron chi connectivity index (χ4n) is 3.26. The van der Waals surface area contributed by atoms with Crippen LogP contribution in [0.4, 0.5) is 5.69 Å². The van der Waals surface area contributed by atoms with Gasteiger partial charge in [0.2, 0.25) is 0 Å². The molecule has 0 bridgehead atoms. The van der Waals surface area contributed by atoms with Crippen LogP contribution in [0.2, 0.25) is 0 Å². The molecule has 3 aromatic carbocycles. The molecule has 0 N–H and O–H groups in total. The van der Waals surface area contributed by atoms with Crippen molar-refractivity contribution in [1.29, 1.82) is 0 Å². The minimum atomic E-state index is -3.83. The zero-order valence-electron chi connectivity index (χ0n) is 17.0. The van der Waals surface area contributed by atoms with Crippen LogP contribution >= 0.6 is 0 Å². The Morgan fingerprint density at radius 1 is 0.828 bits per heavy atom. The van der Waals surface area contributed by atoms with E-state index >= 15 is 0 Å². The number of methoxy groups -OCH3 is 2. The molecule has 0 saturated carbocycles. The average Bonchev–Trinajstić information content (AvgIpc) is 2.74. The first kappa shape index (κ1) is 20.7. The van der Waals surface area contributed by atoms with E-state index in [2.05, 4.69) is 0 Å².